The minimum atomic E-state index is -1.70. The highest BCUT2D eigenvalue weighted by molar-refractivity contribution is 7.98. The van der Waals surface area contributed by atoms with Gasteiger partial charge in [0, 0.05) is 28.1 Å². The summed E-state index contributed by atoms with van der Waals surface area (Å²) >= 11 is 7.88. The Hall–Kier alpha value is -3.26. The number of para-hydroxylation sites is 2. The van der Waals surface area contributed by atoms with Crippen molar-refractivity contribution in [1.29, 1.82) is 0 Å². The lowest BCUT2D eigenvalue weighted by molar-refractivity contribution is 0.0653. The van der Waals surface area contributed by atoms with E-state index in [1.807, 2.05) is 42.7 Å². The number of aromatic nitrogens is 2. The Kier molecular flexibility index (Phi) is 6.02. The number of H-pyrrole nitrogens is 1. The molecule has 1 fully saturated rings. The maximum absolute atomic E-state index is 14.4. The standard InChI is InChI=1S/C29H24ClN3O3S/c1-37-15-14-22-23(16-10-12-17(30)13-11-16)24(25(34)28-31-20-8-4-5-9-21(20)32-28)29(33-22)26(35)18-6-2-3-7-19(18)27(29)36/h2-13,22-24,33H,14-15H2,1H3,(H,31,32). The smallest absolute Gasteiger partial charge is 0.204 e. The summed E-state index contributed by atoms with van der Waals surface area (Å²) < 4.78 is 0. The molecule has 3 aromatic carbocycles. The van der Waals surface area contributed by atoms with Crippen LogP contribution in [0.2, 0.25) is 5.02 Å². The maximum Gasteiger partial charge on any atom is 0.204 e. The van der Waals surface area contributed by atoms with Crippen LogP contribution < -0.4 is 5.32 Å². The van der Waals surface area contributed by atoms with Gasteiger partial charge >= 0.3 is 0 Å². The summed E-state index contributed by atoms with van der Waals surface area (Å²) in [6.07, 6.45) is 2.69. The SMILES string of the molecule is CSCCC1NC2(C(=O)c3ccccc3C2=O)C(C(=O)c2nc3ccccc3[nH]2)C1c1ccc(Cl)cc1. The van der Waals surface area contributed by atoms with E-state index in [2.05, 4.69) is 15.3 Å². The predicted octanol–water partition coefficient (Wildman–Crippen LogP) is 5.34. The molecule has 37 heavy (non-hydrogen) atoms. The normalized spacial score (nSPS) is 22.2. The van der Waals surface area contributed by atoms with Crippen LogP contribution in [0, 0.1) is 5.92 Å². The molecule has 3 unspecified atom stereocenters. The van der Waals surface area contributed by atoms with Crippen LogP contribution in [0.25, 0.3) is 11.0 Å². The first-order chi connectivity index (χ1) is 18.0. The van der Waals surface area contributed by atoms with Gasteiger partial charge in [-0.15, -0.1) is 0 Å². The largest absolute Gasteiger partial charge is 0.335 e. The van der Waals surface area contributed by atoms with E-state index in [9.17, 15) is 14.4 Å². The number of hydrogen-bond donors (Lipinski definition) is 2. The van der Waals surface area contributed by atoms with Crippen LogP contribution in [0.3, 0.4) is 0 Å². The number of carbonyl (C=O) groups excluding carboxylic acids is 3. The van der Waals surface area contributed by atoms with Crippen molar-refractivity contribution in [2.24, 2.45) is 5.92 Å². The second-order valence-corrected chi connectivity index (χ2v) is 11.0. The Balaban J connectivity index is 1.56. The Morgan fingerprint density at radius 2 is 1.62 bits per heavy atom. The number of thioether (sulfide) groups is 1. The third kappa shape index (κ3) is 3.68. The number of fused-ring (bicyclic) bond motifs is 2. The number of halogens is 1. The van der Waals surface area contributed by atoms with Crippen molar-refractivity contribution in [1.82, 2.24) is 15.3 Å². The highest BCUT2D eigenvalue weighted by Crippen LogP contribution is 2.50. The predicted molar refractivity (Wildman–Crippen MR) is 146 cm³/mol. The first-order valence-electron chi connectivity index (χ1n) is 12.2. The molecule has 2 aliphatic rings. The molecule has 1 saturated heterocycles. The average molecular weight is 530 g/mol. The number of Topliss-reactive ketones (excluding diaryl/α,β-unsaturated/α-hetero) is 3. The van der Waals surface area contributed by atoms with Gasteiger partial charge in [0.1, 0.15) is 0 Å². The molecule has 0 radical (unpaired) electrons. The van der Waals surface area contributed by atoms with Gasteiger partial charge in [-0.1, -0.05) is 60.1 Å². The number of hydrogen-bond acceptors (Lipinski definition) is 6. The number of imidazole rings is 1. The summed E-state index contributed by atoms with van der Waals surface area (Å²) in [6, 6.07) is 21.3. The summed E-state index contributed by atoms with van der Waals surface area (Å²) in [4.78, 5) is 50.3. The van der Waals surface area contributed by atoms with E-state index in [0.29, 0.717) is 28.1 Å². The van der Waals surface area contributed by atoms with E-state index < -0.39 is 17.4 Å². The van der Waals surface area contributed by atoms with E-state index in [4.69, 9.17) is 11.6 Å². The number of aromatic amines is 1. The molecule has 1 spiro atoms. The monoisotopic (exact) mass is 529 g/mol. The van der Waals surface area contributed by atoms with Crippen LogP contribution in [0.1, 0.15) is 49.2 Å². The van der Waals surface area contributed by atoms with Crippen LogP contribution in [0.4, 0.5) is 0 Å². The molecule has 1 aromatic heterocycles. The summed E-state index contributed by atoms with van der Waals surface area (Å²) in [7, 11) is 0. The lowest BCUT2D eigenvalue weighted by atomic mass is 9.70. The zero-order valence-corrected chi connectivity index (χ0v) is 21.6. The first-order valence-corrected chi connectivity index (χ1v) is 13.9. The minimum Gasteiger partial charge on any atom is -0.335 e. The van der Waals surface area contributed by atoms with Crippen molar-refractivity contribution in [3.05, 3.63) is 100 Å². The number of rotatable bonds is 6. The van der Waals surface area contributed by atoms with Gasteiger partial charge in [-0.05, 0) is 48.3 Å². The molecule has 3 atom stereocenters. The molecule has 1 aliphatic heterocycles. The molecule has 0 saturated carbocycles. The van der Waals surface area contributed by atoms with Gasteiger partial charge < -0.3 is 4.98 Å². The number of ketones is 3. The molecule has 0 bridgehead atoms. The number of benzene rings is 3. The molecule has 4 aromatic rings. The lowest BCUT2D eigenvalue weighted by Gasteiger charge is -2.29. The van der Waals surface area contributed by atoms with Gasteiger partial charge in [-0.2, -0.15) is 11.8 Å². The van der Waals surface area contributed by atoms with Crippen LogP contribution >= 0.6 is 23.4 Å². The van der Waals surface area contributed by atoms with Gasteiger partial charge in [-0.3, -0.25) is 19.7 Å². The average Bonchev–Trinajstić information content (AvgIpc) is 3.56. The Morgan fingerprint density at radius 1 is 0.973 bits per heavy atom. The molecule has 0 amide bonds. The van der Waals surface area contributed by atoms with E-state index >= 15 is 0 Å². The van der Waals surface area contributed by atoms with Crippen LogP contribution in [-0.2, 0) is 0 Å². The van der Waals surface area contributed by atoms with Crippen molar-refractivity contribution >= 4 is 51.7 Å². The van der Waals surface area contributed by atoms with Crippen molar-refractivity contribution in [2.45, 2.75) is 23.9 Å². The molecule has 2 heterocycles. The number of nitrogens with zero attached hydrogens (tertiary/aromatic N) is 1. The first kappa shape index (κ1) is 24.1. The summed E-state index contributed by atoms with van der Waals surface area (Å²) in [5, 5.41) is 4.01. The van der Waals surface area contributed by atoms with Crippen LogP contribution in [0.5, 0.6) is 0 Å². The topological polar surface area (TPSA) is 91.9 Å². The number of carbonyl (C=O) groups is 3. The second-order valence-electron chi connectivity index (χ2n) is 9.57. The molecule has 6 nitrogen and oxygen atoms in total. The summed E-state index contributed by atoms with van der Waals surface area (Å²) in [5.74, 6) is -1.54. The molecule has 1 aliphatic carbocycles. The molecule has 6 rings (SSSR count). The molecule has 2 N–H and O–H groups in total. The van der Waals surface area contributed by atoms with Crippen molar-refractivity contribution < 1.29 is 14.4 Å². The Bertz CT molecular complexity index is 1480. The fourth-order valence-corrected chi connectivity index (χ4v) is 6.59. The van der Waals surface area contributed by atoms with Crippen molar-refractivity contribution in [3.8, 4) is 0 Å². The van der Waals surface area contributed by atoms with E-state index in [0.717, 1.165) is 16.8 Å². The van der Waals surface area contributed by atoms with Gasteiger partial charge in [-0.25, -0.2) is 4.98 Å². The fraction of sp³-hybridized carbons (Fsp3) is 0.241. The zero-order valence-electron chi connectivity index (χ0n) is 20.0. The maximum atomic E-state index is 14.4. The Labute approximate surface area is 223 Å². The third-order valence-corrected chi connectivity index (χ3v) is 8.49. The minimum absolute atomic E-state index is 0.147. The quantitative estimate of drug-likeness (QED) is 0.259. The summed E-state index contributed by atoms with van der Waals surface area (Å²) in [5.41, 5.74) is 1.23. The second kappa shape index (κ2) is 9.24. The van der Waals surface area contributed by atoms with Crippen LogP contribution in [-0.4, -0.2) is 50.9 Å². The fourth-order valence-electron chi connectivity index (χ4n) is 5.98. The molecule has 8 heteroatoms. The van der Waals surface area contributed by atoms with E-state index in [1.54, 1.807) is 48.2 Å². The van der Waals surface area contributed by atoms with Gasteiger partial charge in [0.15, 0.2) is 22.9 Å². The lowest BCUT2D eigenvalue weighted by Crippen LogP contribution is -2.58. The third-order valence-electron chi connectivity index (χ3n) is 7.60. The zero-order chi connectivity index (χ0) is 25.7. The number of nitrogens with one attached hydrogen (secondary N) is 2. The van der Waals surface area contributed by atoms with Crippen LogP contribution in [0.15, 0.2) is 72.8 Å². The summed E-state index contributed by atoms with van der Waals surface area (Å²) in [6.45, 7) is 0. The van der Waals surface area contributed by atoms with Crippen molar-refractivity contribution in [3.63, 3.8) is 0 Å². The van der Waals surface area contributed by atoms with Gasteiger partial charge in [0.2, 0.25) is 5.78 Å². The van der Waals surface area contributed by atoms with Crippen molar-refractivity contribution in [2.75, 3.05) is 12.0 Å². The highest BCUT2D eigenvalue weighted by Gasteiger charge is 2.67. The van der Waals surface area contributed by atoms with E-state index in [1.165, 1.54) is 0 Å². The molecular formula is C29H24ClN3O3S. The highest BCUT2D eigenvalue weighted by atomic mass is 35.5. The van der Waals surface area contributed by atoms with E-state index in [-0.39, 0.29) is 29.2 Å². The molecular weight excluding hydrogens is 506 g/mol. The van der Waals surface area contributed by atoms with Gasteiger partial charge in [0.25, 0.3) is 0 Å². The molecule has 186 valence electrons. The Morgan fingerprint density at radius 3 is 2.27 bits per heavy atom. The van der Waals surface area contributed by atoms with Gasteiger partial charge in [0.05, 0.1) is 17.0 Å².